The zero-order valence-corrected chi connectivity index (χ0v) is 9.94. The first-order valence-corrected chi connectivity index (χ1v) is 6.10. The van der Waals surface area contributed by atoms with Crippen molar-refractivity contribution in [3.63, 3.8) is 0 Å². The van der Waals surface area contributed by atoms with Crippen LogP contribution in [-0.2, 0) is 10.0 Å². The van der Waals surface area contributed by atoms with Gasteiger partial charge in [0.25, 0.3) is 10.0 Å². The van der Waals surface area contributed by atoms with Gasteiger partial charge in [0.05, 0.1) is 12.0 Å². The van der Waals surface area contributed by atoms with Gasteiger partial charge in [-0.05, 0) is 37.3 Å². The fourth-order valence-electron chi connectivity index (χ4n) is 1.01. The summed E-state index contributed by atoms with van der Waals surface area (Å²) in [6, 6.07) is 6.08. The smallest absolute Gasteiger partial charge is 0.282 e. The van der Waals surface area contributed by atoms with Gasteiger partial charge in [-0.2, -0.15) is 12.8 Å². The van der Waals surface area contributed by atoms with E-state index in [0.717, 1.165) is 0 Å². The Labute approximate surface area is 95.3 Å². The fourth-order valence-corrected chi connectivity index (χ4v) is 1.84. The molecule has 0 aromatic heterocycles. The minimum atomic E-state index is -3.59. The second kappa shape index (κ2) is 5.46. The molecule has 1 aromatic carbocycles. The minimum Gasteiger partial charge on any atom is -0.497 e. The molecule has 0 saturated carbocycles. The maximum Gasteiger partial charge on any atom is 0.282 e. The summed E-state index contributed by atoms with van der Waals surface area (Å²) < 4.78 is 31.7. The van der Waals surface area contributed by atoms with E-state index in [4.69, 9.17) is 4.74 Å². The van der Waals surface area contributed by atoms with E-state index in [1.54, 1.807) is 31.2 Å². The molecule has 4 nitrogen and oxygen atoms in total. The molecule has 1 aromatic rings. The number of nitrogens with zero attached hydrogens (tertiary/aromatic N) is 1. The highest BCUT2D eigenvalue weighted by molar-refractivity contribution is 7.90. The van der Waals surface area contributed by atoms with E-state index < -0.39 is 10.0 Å². The molecule has 0 heterocycles. The summed E-state index contributed by atoms with van der Waals surface area (Å²) in [5.74, 6) is 0.608. The van der Waals surface area contributed by atoms with Crippen LogP contribution in [0.1, 0.15) is 6.92 Å². The molecular formula is C11H13NO3S. The first kappa shape index (κ1) is 12.4. The SMILES string of the molecule is C/C=C/C=N/S(=O)(=O)c1ccc(OC)cc1. The van der Waals surface area contributed by atoms with Gasteiger partial charge < -0.3 is 4.74 Å². The summed E-state index contributed by atoms with van der Waals surface area (Å²) in [4.78, 5) is 0.147. The molecule has 0 unspecified atom stereocenters. The molecule has 0 N–H and O–H groups in total. The van der Waals surface area contributed by atoms with Crippen molar-refractivity contribution in [2.75, 3.05) is 7.11 Å². The summed E-state index contributed by atoms with van der Waals surface area (Å²) >= 11 is 0. The first-order valence-electron chi connectivity index (χ1n) is 4.66. The topological polar surface area (TPSA) is 55.7 Å². The molecule has 0 radical (unpaired) electrons. The van der Waals surface area contributed by atoms with Gasteiger partial charge in [0.2, 0.25) is 0 Å². The van der Waals surface area contributed by atoms with E-state index in [9.17, 15) is 8.42 Å². The molecule has 0 bridgehead atoms. The lowest BCUT2D eigenvalue weighted by molar-refractivity contribution is 0.414. The monoisotopic (exact) mass is 239 g/mol. The molecule has 0 atom stereocenters. The third-order valence-electron chi connectivity index (χ3n) is 1.84. The average Bonchev–Trinajstić information content (AvgIpc) is 2.29. The average molecular weight is 239 g/mol. The van der Waals surface area contributed by atoms with Crippen molar-refractivity contribution in [2.24, 2.45) is 4.40 Å². The molecule has 0 aliphatic heterocycles. The first-order chi connectivity index (χ1) is 7.60. The van der Waals surface area contributed by atoms with E-state index >= 15 is 0 Å². The Balaban J connectivity index is 2.98. The Morgan fingerprint density at radius 1 is 1.25 bits per heavy atom. The maximum atomic E-state index is 11.6. The van der Waals surface area contributed by atoms with E-state index in [0.29, 0.717) is 5.75 Å². The highest BCUT2D eigenvalue weighted by atomic mass is 32.2. The van der Waals surface area contributed by atoms with Crippen LogP contribution in [-0.4, -0.2) is 21.7 Å². The molecule has 0 spiro atoms. The maximum absolute atomic E-state index is 11.6. The van der Waals surface area contributed by atoms with Crippen molar-refractivity contribution in [1.29, 1.82) is 0 Å². The van der Waals surface area contributed by atoms with Gasteiger partial charge in [0.15, 0.2) is 0 Å². The van der Waals surface area contributed by atoms with Crippen molar-refractivity contribution in [3.8, 4) is 5.75 Å². The van der Waals surface area contributed by atoms with Gasteiger partial charge in [-0.15, -0.1) is 0 Å². The largest absolute Gasteiger partial charge is 0.497 e. The number of sulfonamides is 1. The third kappa shape index (κ3) is 3.20. The van der Waals surface area contributed by atoms with Crippen LogP contribution in [0.3, 0.4) is 0 Å². The molecule has 86 valence electrons. The lowest BCUT2D eigenvalue weighted by Crippen LogP contribution is -1.96. The minimum absolute atomic E-state index is 0.147. The molecule has 0 amide bonds. The van der Waals surface area contributed by atoms with E-state index in [1.165, 1.54) is 25.5 Å². The van der Waals surface area contributed by atoms with E-state index in [-0.39, 0.29) is 4.90 Å². The van der Waals surface area contributed by atoms with Crippen LogP contribution in [0.25, 0.3) is 0 Å². The molecule has 0 aliphatic rings. The Kier molecular flexibility index (Phi) is 4.25. The quantitative estimate of drug-likeness (QED) is 0.755. The lowest BCUT2D eigenvalue weighted by Gasteiger charge is -2.00. The Morgan fingerprint density at radius 3 is 2.38 bits per heavy atom. The molecule has 0 aliphatic carbocycles. The molecule has 1 rings (SSSR count). The number of hydrogen-bond acceptors (Lipinski definition) is 3. The number of benzene rings is 1. The van der Waals surface area contributed by atoms with Crippen LogP contribution in [0.2, 0.25) is 0 Å². The van der Waals surface area contributed by atoms with Gasteiger partial charge in [-0.25, -0.2) is 0 Å². The molecule has 5 heteroatoms. The summed E-state index contributed by atoms with van der Waals surface area (Å²) in [5.41, 5.74) is 0. The lowest BCUT2D eigenvalue weighted by atomic mass is 10.3. The predicted molar refractivity (Wildman–Crippen MR) is 63.5 cm³/mol. The summed E-state index contributed by atoms with van der Waals surface area (Å²) in [5, 5.41) is 0. The summed E-state index contributed by atoms with van der Waals surface area (Å²) in [6.07, 6.45) is 4.51. The summed E-state index contributed by atoms with van der Waals surface area (Å²) in [7, 11) is -2.07. The van der Waals surface area contributed by atoms with Crippen molar-refractivity contribution < 1.29 is 13.2 Å². The zero-order chi connectivity index (χ0) is 12.0. The Hall–Kier alpha value is -1.62. The molecule has 16 heavy (non-hydrogen) atoms. The fraction of sp³-hybridized carbons (Fsp3) is 0.182. The van der Waals surface area contributed by atoms with Gasteiger partial charge in [-0.1, -0.05) is 6.08 Å². The van der Waals surface area contributed by atoms with Gasteiger partial charge in [0, 0.05) is 6.21 Å². The van der Waals surface area contributed by atoms with E-state index in [1.807, 2.05) is 0 Å². The van der Waals surface area contributed by atoms with Crippen molar-refractivity contribution in [1.82, 2.24) is 0 Å². The third-order valence-corrected chi connectivity index (χ3v) is 3.10. The van der Waals surface area contributed by atoms with Gasteiger partial charge in [0.1, 0.15) is 5.75 Å². The van der Waals surface area contributed by atoms with Crippen LogP contribution in [0, 0.1) is 0 Å². The second-order valence-electron chi connectivity index (χ2n) is 2.93. The number of hydrogen-bond donors (Lipinski definition) is 0. The number of rotatable bonds is 4. The van der Waals surface area contributed by atoms with Gasteiger partial charge >= 0.3 is 0 Å². The summed E-state index contributed by atoms with van der Waals surface area (Å²) in [6.45, 7) is 1.78. The van der Waals surface area contributed by atoms with Crippen LogP contribution < -0.4 is 4.74 Å². The van der Waals surface area contributed by atoms with Crippen LogP contribution in [0.5, 0.6) is 5.75 Å². The molecule has 0 saturated heterocycles. The number of methoxy groups -OCH3 is 1. The molecular weight excluding hydrogens is 226 g/mol. The standard InChI is InChI=1S/C11H13NO3S/c1-3-4-9-12-16(13,14)11-7-5-10(15-2)6-8-11/h3-9H,1-2H3/b4-3+,12-9+. The van der Waals surface area contributed by atoms with Crippen LogP contribution in [0.15, 0.2) is 45.7 Å². The normalized spacial score (nSPS) is 12.4. The highest BCUT2D eigenvalue weighted by Crippen LogP contribution is 2.16. The highest BCUT2D eigenvalue weighted by Gasteiger charge is 2.10. The van der Waals surface area contributed by atoms with Crippen molar-refractivity contribution in [3.05, 3.63) is 36.4 Å². The van der Waals surface area contributed by atoms with Crippen molar-refractivity contribution in [2.45, 2.75) is 11.8 Å². The zero-order valence-electron chi connectivity index (χ0n) is 9.12. The second-order valence-corrected chi connectivity index (χ2v) is 4.56. The van der Waals surface area contributed by atoms with Crippen LogP contribution >= 0.6 is 0 Å². The van der Waals surface area contributed by atoms with Crippen molar-refractivity contribution >= 4 is 16.2 Å². The predicted octanol–water partition coefficient (Wildman–Crippen LogP) is 2.03. The number of ether oxygens (including phenoxy) is 1. The van der Waals surface area contributed by atoms with E-state index in [2.05, 4.69) is 4.40 Å². The number of allylic oxidation sites excluding steroid dienone is 2. The van der Waals surface area contributed by atoms with Crippen LogP contribution in [0.4, 0.5) is 0 Å². The Morgan fingerprint density at radius 2 is 1.88 bits per heavy atom. The van der Waals surface area contributed by atoms with Gasteiger partial charge in [-0.3, -0.25) is 0 Å². The Bertz CT molecular complexity index is 486. The molecule has 0 fully saturated rings.